The van der Waals surface area contributed by atoms with E-state index in [0.717, 1.165) is 16.8 Å². The number of imidazole rings is 1. The number of anilines is 1. The van der Waals surface area contributed by atoms with Gasteiger partial charge in [-0.2, -0.15) is 0 Å². The molecule has 0 radical (unpaired) electrons. The van der Waals surface area contributed by atoms with E-state index < -0.39 is 10.0 Å². The molecule has 4 rings (SSSR count). The van der Waals surface area contributed by atoms with Gasteiger partial charge in [-0.15, -0.1) is 5.10 Å². The first kappa shape index (κ1) is 21.6. The van der Waals surface area contributed by atoms with Crippen LogP contribution in [0.5, 0.6) is 11.5 Å². The molecular weight excluding hydrogens is 430 g/mol. The van der Waals surface area contributed by atoms with Gasteiger partial charge in [0.2, 0.25) is 10.0 Å². The molecule has 10 heteroatoms. The molecule has 0 unspecified atom stereocenters. The maximum Gasteiger partial charge on any atom is 0.240 e. The van der Waals surface area contributed by atoms with Gasteiger partial charge >= 0.3 is 0 Å². The third-order valence-corrected chi connectivity index (χ3v) is 6.45. The van der Waals surface area contributed by atoms with Crippen LogP contribution < -0.4 is 19.5 Å². The maximum atomic E-state index is 11.9. The molecule has 0 aliphatic carbocycles. The van der Waals surface area contributed by atoms with E-state index in [1.165, 1.54) is 7.05 Å². The first-order valence-electron chi connectivity index (χ1n) is 9.78. The third-order valence-electron chi connectivity index (χ3n) is 5.02. The Morgan fingerprint density at radius 3 is 2.41 bits per heavy atom. The van der Waals surface area contributed by atoms with E-state index >= 15 is 0 Å². The lowest BCUT2D eigenvalue weighted by atomic mass is 10.1. The van der Waals surface area contributed by atoms with Gasteiger partial charge in [0.05, 0.1) is 31.0 Å². The Hall–Kier alpha value is -3.63. The molecular formula is C22H23N5O4S. The van der Waals surface area contributed by atoms with Crippen molar-refractivity contribution in [1.29, 1.82) is 0 Å². The van der Waals surface area contributed by atoms with Crippen LogP contribution in [0.3, 0.4) is 0 Å². The highest BCUT2D eigenvalue weighted by Crippen LogP contribution is 2.32. The summed E-state index contributed by atoms with van der Waals surface area (Å²) in [6, 6.07) is 16.0. The SMILES string of the molecule is CNS(=O)(=O)c1ccc(CNc2ccc3ncc(-c4ccc(OC)c(OC)c4)n3n2)cc1. The van der Waals surface area contributed by atoms with Crippen molar-refractivity contribution in [3.63, 3.8) is 0 Å². The summed E-state index contributed by atoms with van der Waals surface area (Å²) in [7, 11) is 1.13. The number of sulfonamides is 1. The Morgan fingerprint density at radius 1 is 0.969 bits per heavy atom. The molecule has 9 nitrogen and oxygen atoms in total. The molecule has 2 aromatic heterocycles. The van der Waals surface area contributed by atoms with Crippen molar-refractivity contribution in [3.05, 3.63) is 66.4 Å². The van der Waals surface area contributed by atoms with Crippen LogP contribution in [-0.4, -0.2) is 44.3 Å². The summed E-state index contributed by atoms with van der Waals surface area (Å²) in [5.41, 5.74) is 3.34. The second-order valence-electron chi connectivity index (χ2n) is 6.91. The average molecular weight is 454 g/mol. The van der Waals surface area contributed by atoms with E-state index in [1.54, 1.807) is 49.2 Å². The largest absolute Gasteiger partial charge is 0.493 e. The molecule has 2 aromatic carbocycles. The monoisotopic (exact) mass is 453 g/mol. The fraction of sp³-hybridized carbons (Fsp3) is 0.182. The zero-order valence-corrected chi connectivity index (χ0v) is 18.7. The lowest BCUT2D eigenvalue weighted by molar-refractivity contribution is 0.355. The predicted octanol–water partition coefficient (Wildman–Crippen LogP) is 2.93. The molecule has 2 heterocycles. The summed E-state index contributed by atoms with van der Waals surface area (Å²) >= 11 is 0. The molecule has 0 spiro atoms. The Balaban J connectivity index is 1.57. The van der Waals surface area contributed by atoms with E-state index in [-0.39, 0.29) is 4.90 Å². The molecule has 0 aliphatic heterocycles. The molecule has 0 saturated heterocycles. The molecule has 0 saturated carbocycles. The van der Waals surface area contributed by atoms with Crippen molar-refractivity contribution in [2.45, 2.75) is 11.4 Å². The van der Waals surface area contributed by atoms with Crippen molar-refractivity contribution in [3.8, 4) is 22.8 Å². The number of hydrogen-bond donors (Lipinski definition) is 2. The van der Waals surface area contributed by atoms with Crippen molar-refractivity contribution in [1.82, 2.24) is 19.3 Å². The van der Waals surface area contributed by atoms with Gasteiger partial charge in [0.25, 0.3) is 0 Å². The summed E-state index contributed by atoms with van der Waals surface area (Å²) in [6.07, 6.45) is 1.76. The Labute approximate surface area is 186 Å². The van der Waals surface area contributed by atoms with Crippen LogP contribution in [0.25, 0.3) is 16.9 Å². The van der Waals surface area contributed by atoms with E-state index in [1.807, 2.05) is 30.3 Å². The maximum absolute atomic E-state index is 11.9. The quantitative estimate of drug-likeness (QED) is 0.422. The number of ether oxygens (including phenoxy) is 2. The topological polar surface area (TPSA) is 107 Å². The Morgan fingerprint density at radius 2 is 1.72 bits per heavy atom. The number of hydrogen-bond acceptors (Lipinski definition) is 7. The second-order valence-corrected chi connectivity index (χ2v) is 8.79. The number of nitrogens with one attached hydrogen (secondary N) is 2. The summed E-state index contributed by atoms with van der Waals surface area (Å²) < 4.78 is 38.5. The highest BCUT2D eigenvalue weighted by atomic mass is 32.2. The van der Waals surface area contributed by atoms with Crippen LogP contribution in [0, 0.1) is 0 Å². The number of rotatable bonds is 8. The van der Waals surface area contributed by atoms with Gasteiger partial charge in [0, 0.05) is 12.1 Å². The third kappa shape index (κ3) is 4.23. The molecule has 0 aliphatic rings. The smallest absolute Gasteiger partial charge is 0.240 e. The molecule has 4 aromatic rings. The van der Waals surface area contributed by atoms with Crippen LogP contribution in [0.2, 0.25) is 0 Å². The van der Waals surface area contributed by atoms with Crippen molar-refractivity contribution in [2.75, 3.05) is 26.6 Å². The molecule has 166 valence electrons. The zero-order chi connectivity index (χ0) is 22.7. The van der Waals surface area contributed by atoms with Gasteiger partial charge in [-0.1, -0.05) is 12.1 Å². The van der Waals surface area contributed by atoms with E-state index in [9.17, 15) is 8.42 Å². The van der Waals surface area contributed by atoms with Crippen LogP contribution in [0.4, 0.5) is 5.82 Å². The molecule has 32 heavy (non-hydrogen) atoms. The predicted molar refractivity (Wildman–Crippen MR) is 122 cm³/mol. The zero-order valence-electron chi connectivity index (χ0n) is 17.9. The van der Waals surface area contributed by atoms with Crippen molar-refractivity contribution in [2.24, 2.45) is 0 Å². The summed E-state index contributed by atoms with van der Waals surface area (Å²) in [6.45, 7) is 0.485. The van der Waals surface area contributed by atoms with Gasteiger partial charge in [-0.3, -0.25) is 0 Å². The number of fused-ring (bicyclic) bond motifs is 1. The van der Waals surface area contributed by atoms with Gasteiger partial charge in [0.1, 0.15) is 5.82 Å². The summed E-state index contributed by atoms with van der Waals surface area (Å²) in [4.78, 5) is 4.65. The van der Waals surface area contributed by atoms with Gasteiger partial charge in [0.15, 0.2) is 17.1 Å². The number of benzene rings is 2. The van der Waals surface area contributed by atoms with Crippen LogP contribution in [-0.2, 0) is 16.6 Å². The van der Waals surface area contributed by atoms with Crippen LogP contribution in [0.15, 0.2) is 65.7 Å². The molecule has 0 amide bonds. The van der Waals surface area contributed by atoms with Gasteiger partial charge < -0.3 is 14.8 Å². The number of methoxy groups -OCH3 is 2. The minimum Gasteiger partial charge on any atom is -0.493 e. The normalized spacial score (nSPS) is 11.5. The van der Waals surface area contributed by atoms with Gasteiger partial charge in [-0.05, 0) is 55.1 Å². The van der Waals surface area contributed by atoms with Crippen LogP contribution in [0.1, 0.15) is 5.56 Å². The average Bonchev–Trinajstić information content (AvgIpc) is 3.25. The van der Waals surface area contributed by atoms with Gasteiger partial charge in [-0.25, -0.2) is 22.6 Å². The van der Waals surface area contributed by atoms with E-state index in [2.05, 4.69) is 20.1 Å². The molecule has 0 fully saturated rings. The van der Waals surface area contributed by atoms with Crippen molar-refractivity contribution >= 4 is 21.5 Å². The lowest BCUT2D eigenvalue weighted by Crippen LogP contribution is -2.18. The highest BCUT2D eigenvalue weighted by molar-refractivity contribution is 7.89. The lowest BCUT2D eigenvalue weighted by Gasteiger charge is -2.10. The van der Waals surface area contributed by atoms with Crippen molar-refractivity contribution < 1.29 is 17.9 Å². The highest BCUT2D eigenvalue weighted by Gasteiger charge is 2.13. The molecule has 2 N–H and O–H groups in total. The summed E-state index contributed by atoms with van der Waals surface area (Å²) in [5, 5.41) is 7.92. The number of aromatic nitrogens is 3. The minimum atomic E-state index is -3.45. The minimum absolute atomic E-state index is 0.223. The first-order chi connectivity index (χ1) is 15.4. The first-order valence-corrected chi connectivity index (χ1v) is 11.3. The second kappa shape index (κ2) is 8.85. The molecule has 0 atom stereocenters. The fourth-order valence-corrected chi connectivity index (χ4v) is 3.99. The standard InChI is InChI=1S/C22H23N5O4S/c1-23-32(28,29)17-7-4-15(5-8-17)13-24-21-10-11-22-25-14-18(27(22)26-21)16-6-9-19(30-2)20(12-16)31-3/h4-12,14,23H,13H2,1-3H3,(H,24,26). The Kier molecular flexibility index (Phi) is 5.97. The number of nitrogens with zero attached hydrogens (tertiary/aromatic N) is 3. The fourth-order valence-electron chi connectivity index (χ4n) is 3.26. The van der Waals surface area contributed by atoms with E-state index in [0.29, 0.717) is 29.5 Å². The summed E-state index contributed by atoms with van der Waals surface area (Å²) in [5.74, 6) is 1.93. The molecule has 0 bridgehead atoms. The van der Waals surface area contributed by atoms with Crippen LogP contribution >= 0.6 is 0 Å². The Bertz CT molecular complexity index is 1350. The van der Waals surface area contributed by atoms with E-state index in [4.69, 9.17) is 9.47 Å².